The average molecular weight is 325 g/mol. The summed E-state index contributed by atoms with van der Waals surface area (Å²) in [6.07, 6.45) is 2.73. The summed E-state index contributed by atoms with van der Waals surface area (Å²) in [6.45, 7) is 0.366. The maximum absolute atomic E-state index is 11.9. The Morgan fingerprint density at radius 1 is 1.17 bits per heavy atom. The maximum Gasteiger partial charge on any atom is 0.331 e. The van der Waals surface area contributed by atoms with Crippen molar-refractivity contribution in [2.75, 3.05) is 0 Å². The molecule has 7 nitrogen and oxygen atoms in total. The molecule has 0 aliphatic rings. The lowest BCUT2D eigenvalue weighted by Gasteiger charge is -2.07. The quantitative estimate of drug-likeness (QED) is 0.694. The van der Waals surface area contributed by atoms with E-state index in [4.69, 9.17) is 4.42 Å². The first-order chi connectivity index (χ1) is 11.6. The summed E-state index contributed by atoms with van der Waals surface area (Å²) in [4.78, 5) is 30.1. The molecule has 0 bridgehead atoms. The number of hydrogen-bond acceptors (Lipinski definition) is 5. The molecule has 1 aromatic carbocycles. The van der Waals surface area contributed by atoms with Gasteiger partial charge in [-0.05, 0) is 17.7 Å². The van der Waals surface area contributed by atoms with E-state index in [0.29, 0.717) is 12.3 Å². The van der Waals surface area contributed by atoms with Crippen LogP contribution in [0.25, 0.3) is 0 Å². The van der Waals surface area contributed by atoms with E-state index in [9.17, 15) is 14.7 Å². The number of aromatic nitrogens is 2. The summed E-state index contributed by atoms with van der Waals surface area (Å²) in [6, 6.07) is 12.8. The SMILES string of the molecule is O=c1[nH]c(=O)n(Cc2ccco2)c(O)c1C=NCc1ccccc1. The summed E-state index contributed by atoms with van der Waals surface area (Å²) < 4.78 is 6.18. The number of aromatic amines is 1. The molecule has 0 aliphatic heterocycles. The maximum atomic E-state index is 11.9. The van der Waals surface area contributed by atoms with E-state index in [2.05, 4.69) is 9.98 Å². The van der Waals surface area contributed by atoms with Crippen molar-refractivity contribution < 1.29 is 9.52 Å². The van der Waals surface area contributed by atoms with E-state index >= 15 is 0 Å². The highest BCUT2D eigenvalue weighted by molar-refractivity contribution is 5.81. The molecule has 2 heterocycles. The normalized spacial score (nSPS) is 11.2. The highest BCUT2D eigenvalue weighted by atomic mass is 16.3. The smallest absolute Gasteiger partial charge is 0.331 e. The van der Waals surface area contributed by atoms with Gasteiger partial charge >= 0.3 is 5.69 Å². The van der Waals surface area contributed by atoms with Crippen molar-refractivity contribution in [3.05, 3.63) is 86.5 Å². The standard InChI is InChI=1S/C17H15N3O4/c21-15-14(10-18-9-12-5-2-1-3-6-12)16(22)20(17(23)19-15)11-13-7-4-8-24-13/h1-8,10,22H,9,11H2,(H,19,21,23). The van der Waals surface area contributed by atoms with Crippen LogP contribution in [0, 0.1) is 0 Å². The molecule has 2 N–H and O–H groups in total. The predicted molar refractivity (Wildman–Crippen MR) is 88.5 cm³/mol. The molecular weight excluding hydrogens is 310 g/mol. The van der Waals surface area contributed by atoms with Gasteiger partial charge in [-0.3, -0.25) is 19.3 Å². The van der Waals surface area contributed by atoms with Gasteiger partial charge in [-0.25, -0.2) is 4.79 Å². The zero-order chi connectivity index (χ0) is 16.9. The Bertz CT molecular complexity index is 954. The van der Waals surface area contributed by atoms with Gasteiger partial charge in [0.2, 0.25) is 5.88 Å². The Balaban J connectivity index is 1.90. The largest absolute Gasteiger partial charge is 0.494 e. The molecule has 0 aliphatic carbocycles. The van der Waals surface area contributed by atoms with Gasteiger partial charge < -0.3 is 9.52 Å². The first-order valence-corrected chi connectivity index (χ1v) is 7.27. The molecule has 0 fully saturated rings. The summed E-state index contributed by atoms with van der Waals surface area (Å²) in [5.41, 5.74) is -0.509. The minimum absolute atomic E-state index is 0.00791. The lowest BCUT2D eigenvalue weighted by molar-refractivity contribution is 0.392. The van der Waals surface area contributed by atoms with Crippen molar-refractivity contribution in [3.8, 4) is 5.88 Å². The van der Waals surface area contributed by atoms with Crippen LogP contribution in [0.5, 0.6) is 5.88 Å². The Labute approximate surface area is 136 Å². The fraction of sp³-hybridized carbons (Fsp3) is 0.118. The van der Waals surface area contributed by atoms with Crippen LogP contribution in [0.3, 0.4) is 0 Å². The molecule has 0 unspecified atom stereocenters. The van der Waals surface area contributed by atoms with Gasteiger partial charge in [0.1, 0.15) is 11.3 Å². The molecule has 24 heavy (non-hydrogen) atoms. The van der Waals surface area contributed by atoms with E-state index in [1.165, 1.54) is 12.5 Å². The molecule has 0 saturated heterocycles. The van der Waals surface area contributed by atoms with E-state index < -0.39 is 17.1 Å². The molecular formula is C17H15N3O4. The van der Waals surface area contributed by atoms with Crippen molar-refractivity contribution in [1.82, 2.24) is 9.55 Å². The third-order valence-corrected chi connectivity index (χ3v) is 3.44. The monoisotopic (exact) mass is 325 g/mol. The van der Waals surface area contributed by atoms with E-state index in [1.807, 2.05) is 30.3 Å². The summed E-state index contributed by atoms with van der Waals surface area (Å²) in [5.74, 6) is 0.0311. The van der Waals surface area contributed by atoms with Crippen LogP contribution in [-0.4, -0.2) is 20.9 Å². The lowest BCUT2D eigenvalue weighted by Crippen LogP contribution is -2.32. The number of benzene rings is 1. The highest BCUT2D eigenvalue weighted by Crippen LogP contribution is 2.11. The molecule has 3 aromatic rings. The zero-order valence-electron chi connectivity index (χ0n) is 12.7. The summed E-state index contributed by atoms with van der Waals surface area (Å²) >= 11 is 0. The van der Waals surface area contributed by atoms with Crippen LogP contribution in [0.4, 0.5) is 0 Å². The minimum atomic E-state index is -0.714. The Kier molecular flexibility index (Phi) is 4.42. The summed E-state index contributed by atoms with van der Waals surface area (Å²) in [5, 5.41) is 10.3. The number of rotatable bonds is 5. The molecule has 122 valence electrons. The molecule has 2 aromatic heterocycles. The Hall–Kier alpha value is -3.35. The van der Waals surface area contributed by atoms with Gasteiger partial charge in [-0.1, -0.05) is 30.3 Å². The second kappa shape index (κ2) is 6.82. The third-order valence-electron chi connectivity index (χ3n) is 3.44. The zero-order valence-corrected chi connectivity index (χ0v) is 12.7. The van der Waals surface area contributed by atoms with Crippen LogP contribution in [0.2, 0.25) is 0 Å². The van der Waals surface area contributed by atoms with Crippen LogP contribution in [-0.2, 0) is 13.1 Å². The summed E-state index contributed by atoms with van der Waals surface area (Å²) in [7, 11) is 0. The van der Waals surface area contributed by atoms with Crippen LogP contribution in [0.15, 0.2) is 67.7 Å². The second-order valence-electron chi connectivity index (χ2n) is 5.12. The van der Waals surface area contributed by atoms with Gasteiger partial charge in [0.25, 0.3) is 5.56 Å². The number of aromatic hydroxyl groups is 1. The van der Waals surface area contributed by atoms with Gasteiger partial charge in [0, 0.05) is 6.21 Å². The number of nitrogens with one attached hydrogen (secondary N) is 1. The van der Waals surface area contributed by atoms with Crippen LogP contribution >= 0.6 is 0 Å². The van der Waals surface area contributed by atoms with Crippen LogP contribution in [0.1, 0.15) is 16.9 Å². The number of furan rings is 1. The number of hydrogen-bond donors (Lipinski definition) is 2. The first-order valence-electron chi connectivity index (χ1n) is 7.27. The van der Waals surface area contributed by atoms with Gasteiger partial charge in [-0.2, -0.15) is 0 Å². The number of nitrogens with zero attached hydrogens (tertiary/aromatic N) is 2. The van der Waals surface area contributed by atoms with E-state index in [-0.39, 0.29) is 12.1 Å². The first kappa shape index (κ1) is 15.5. The fourth-order valence-electron chi connectivity index (χ4n) is 2.22. The molecule has 0 atom stereocenters. The Morgan fingerprint density at radius 3 is 2.67 bits per heavy atom. The second-order valence-corrected chi connectivity index (χ2v) is 5.12. The molecule has 0 amide bonds. The molecule has 3 rings (SSSR count). The average Bonchev–Trinajstić information content (AvgIpc) is 3.09. The number of H-pyrrole nitrogens is 1. The van der Waals surface area contributed by atoms with Crippen molar-refractivity contribution >= 4 is 6.21 Å². The third kappa shape index (κ3) is 3.35. The van der Waals surface area contributed by atoms with E-state index in [1.54, 1.807) is 12.1 Å². The molecule has 0 spiro atoms. The van der Waals surface area contributed by atoms with Gasteiger partial charge in [0.05, 0.1) is 19.4 Å². The Morgan fingerprint density at radius 2 is 1.96 bits per heavy atom. The lowest BCUT2D eigenvalue weighted by atomic mass is 10.2. The number of aliphatic imine (C=N–C) groups is 1. The molecule has 7 heteroatoms. The predicted octanol–water partition coefficient (Wildman–Crippen LogP) is 1.50. The minimum Gasteiger partial charge on any atom is -0.494 e. The van der Waals surface area contributed by atoms with Crippen LogP contribution < -0.4 is 11.2 Å². The van der Waals surface area contributed by atoms with Crippen molar-refractivity contribution in [1.29, 1.82) is 0 Å². The topological polar surface area (TPSA) is 101 Å². The van der Waals surface area contributed by atoms with E-state index in [0.717, 1.165) is 10.1 Å². The molecule has 0 radical (unpaired) electrons. The van der Waals surface area contributed by atoms with Crippen molar-refractivity contribution in [2.24, 2.45) is 4.99 Å². The van der Waals surface area contributed by atoms with Gasteiger partial charge in [-0.15, -0.1) is 0 Å². The van der Waals surface area contributed by atoms with Crippen molar-refractivity contribution in [2.45, 2.75) is 13.1 Å². The highest BCUT2D eigenvalue weighted by Gasteiger charge is 2.13. The fourth-order valence-corrected chi connectivity index (χ4v) is 2.22. The van der Waals surface area contributed by atoms with Crippen molar-refractivity contribution in [3.63, 3.8) is 0 Å². The van der Waals surface area contributed by atoms with Gasteiger partial charge in [0.15, 0.2) is 0 Å². The molecule has 0 saturated carbocycles.